The number of hydrogen-bond acceptors (Lipinski definition) is 8. The van der Waals surface area contributed by atoms with Gasteiger partial charge in [0.1, 0.15) is 23.0 Å². The van der Waals surface area contributed by atoms with Crippen LogP contribution in [0, 0.1) is 0 Å². The second-order valence-electron chi connectivity index (χ2n) is 33.2. The molecule has 1 aliphatic carbocycles. The van der Waals surface area contributed by atoms with Crippen LogP contribution >= 0.6 is 0 Å². The Morgan fingerprint density at radius 2 is 0.365 bits per heavy atom. The number of para-hydroxylation sites is 4. The van der Waals surface area contributed by atoms with Gasteiger partial charge in [-0.15, -0.1) is 0 Å². The summed E-state index contributed by atoms with van der Waals surface area (Å²) in [6.45, 7) is 12.4. The Morgan fingerprint density at radius 3 is 0.548 bits per heavy atom. The molecule has 2 unspecified atom stereocenters. The number of ether oxygens (including phenoxy) is 4. The number of aromatic nitrogens is 6. The van der Waals surface area contributed by atoms with E-state index in [1.165, 1.54) is 87.2 Å². The van der Waals surface area contributed by atoms with Gasteiger partial charge < -0.3 is 65.9 Å². The fourth-order valence-electron chi connectivity index (χ4n) is 21.2. The molecule has 0 N–H and O–H groups in total. The van der Waals surface area contributed by atoms with Crippen molar-refractivity contribution in [3.8, 4) is 23.0 Å². The van der Waals surface area contributed by atoms with Crippen molar-refractivity contribution in [2.24, 2.45) is 0 Å². The van der Waals surface area contributed by atoms with Crippen LogP contribution < -0.4 is 38.5 Å². The van der Waals surface area contributed by atoms with Gasteiger partial charge in [-0.2, -0.15) is 0 Å². The molecule has 14 heteroatoms. The summed E-state index contributed by atoms with van der Waals surface area (Å²) in [5, 5.41) is 14.4. The third kappa shape index (κ3) is 11.9. The van der Waals surface area contributed by atoms with E-state index in [0.717, 1.165) is 174 Å². The summed E-state index contributed by atoms with van der Waals surface area (Å²) < 4.78 is 38.7. The van der Waals surface area contributed by atoms with Crippen LogP contribution in [0.3, 0.4) is 0 Å². The van der Waals surface area contributed by atoms with Crippen molar-refractivity contribution in [3.63, 3.8) is 0 Å². The summed E-state index contributed by atoms with van der Waals surface area (Å²) in [5.41, 5.74) is 26.8. The van der Waals surface area contributed by atoms with Crippen LogP contribution in [-0.4, -0.2) is 55.8 Å². The number of benzene rings is 16. The van der Waals surface area contributed by atoms with Gasteiger partial charge >= 0.3 is 0 Å². The van der Waals surface area contributed by atoms with E-state index in [1.54, 1.807) is 28.4 Å². The van der Waals surface area contributed by atoms with Gasteiger partial charge in [-0.25, -0.2) is 0 Å². The molecule has 22 aromatic rings. The van der Waals surface area contributed by atoms with Crippen molar-refractivity contribution >= 4 is 199 Å². The molecule has 6 heterocycles. The van der Waals surface area contributed by atoms with E-state index in [0.29, 0.717) is 0 Å². The second kappa shape index (κ2) is 30.3. The molecule has 14 nitrogen and oxygen atoms in total. The van der Waals surface area contributed by atoms with Gasteiger partial charge in [0.2, 0.25) is 0 Å². The lowest BCUT2D eigenvalue weighted by molar-refractivity contribution is 0.205. The van der Waals surface area contributed by atoms with Crippen LogP contribution in [0.5, 0.6) is 23.0 Å². The van der Waals surface area contributed by atoms with Crippen molar-refractivity contribution in [1.29, 1.82) is 0 Å². The number of aryl methyl sites for hydroxylation is 4. The zero-order chi connectivity index (χ0) is 84.7. The van der Waals surface area contributed by atoms with Gasteiger partial charge in [0.05, 0.1) is 40.5 Å². The zero-order valence-corrected chi connectivity index (χ0v) is 71.8. The van der Waals surface area contributed by atoms with Crippen molar-refractivity contribution in [2.45, 2.75) is 78.8 Å². The quantitative estimate of drug-likeness (QED) is 0.0664. The summed E-state index contributed by atoms with van der Waals surface area (Å²) in [4.78, 5) is 9.72. The highest BCUT2D eigenvalue weighted by Gasteiger charge is 2.39. The lowest BCUT2D eigenvalue weighted by atomic mass is 9.85. The lowest BCUT2D eigenvalue weighted by Gasteiger charge is -2.41. The van der Waals surface area contributed by atoms with E-state index in [4.69, 9.17) is 18.9 Å². The van der Waals surface area contributed by atoms with E-state index < -0.39 is 0 Å². The molecular formula is C112H94N10O4. The minimum Gasteiger partial charge on any atom is -0.497 e. The van der Waals surface area contributed by atoms with Crippen LogP contribution in [0.1, 0.15) is 52.6 Å². The van der Waals surface area contributed by atoms with Gasteiger partial charge in [-0.05, 0) is 307 Å². The Morgan fingerprint density at radius 1 is 0.198 bits per heavy atom. The van der Waals surface area contributed by atoms with E-state index in [9.17, 15) is 0 Å². The normalized spacial score (nSPS) is 13.6. The Bertz CT molecular complexity index is 7130. The highest BCUT2D eigenvalue weighted by molar-refractivity contribution is 6.17. The Hall–Kier alpha value is -15.3. The fraction of sp³-hybridized carbons (Fsp3) is 0.143. The highest BCUT2D eigenvalue weighted by atomic mass is 16.5. The molecule has 1 fully saturated rings. The molecule has 2 atom stereocenters. The Kier molecular flexibility index (Phi) is 18.2. The first-order valence-electron chi connectivity index (χ1n) is 44.1. The van der Waals surface area contributed by atoms with E-state index in [-0.39, 0.29) is 12.1 Å². The average molecular weight is 1640 g/mol. The molecule has 1 saturated carbocycles. The molecule has 1 aliphatic rings. The molecule has 0 amide bonds. The highest BCUT2D eigenvalue weighted by Crippen LogP contribution is 2.55. The standard InChI is InChI=1S/C112H94N10O4/c1-9-113-99-25-17-13-21-87(99)91-63-75(37-53-103(91)113)117(71-29-45-83(123-5)46-30-71)79-41-57-107-95(67-79)96-68-80(118(72-31-47-84(124-6)48-32-72)76-38-54-104-92(64-76)88-22-14-18-26-100(88)114(104)10-2)42-58-108(96)121(107)111-61-62-112(111)122-109-59-43-81(119(73-33-49-85(125-7)50-34-73)77-39-55-105-93(65-77)89-23-15-19-27-101(89)115(105)11-3)69-97(109)98-70-82(44-60-110(98)122)120(74-35-51-86(126-8)52-36-74)78-40-56-106-94(66-78)90-24-16-20-28-102(90)116(106)12-4/h13-60,63-70,111-112H,9-12,61-62H2,1-8H3. The molecule has 616 valence electrons. The molecule has 0 saturated heterocycles. The van der Waals surface area contributed by atoms with Gasteiger partial charge in [-0.1, -0.05) is 72.8 Å². The summed E-state index contributed by atoms with van der Waals surface area (Å²) >= 11 is 0. The molecule has 23 rings (SSSR count). The lowest BCUT2D eigenvalue weighted by Crippen LogP contribution is -2.31. The topological polar surface area (TPSA) is 79.5 Å². The monoisotopic (exact) mass is 1640 g/mol. The minimum absolute atomic E-state index is 0.00682. The van der Waals surface area contributed by atoms with Crippen molar-refractivity contribution in [3.05, 3.63) is 340 Å². The first-order chi connectivity index (χ1) is 62.1. The fourth-order valence-corrected chi connectivity index (χ4v) is 21.2. The second-order valence-corrected chi connectivity index (χ2v) is 33.2. The number of fused-ring (bicyclic) bond motifs is 18. The maximum absolute atomic E-state index is 5.88. The molecule has 0 spiro atoms. The predicted molar refractivity (Wildman–Crippen MR) is 526 cm³/mol. The van der Waals surface area contributed by atoms with E-state index in [2.05, 4.69) is 414 Å². The zero-order valence-electron chi connectivity index (χ0n) is 71.8. The van der Waals surface area contributed by atoms with Gasteiger partial charge in [-0.3, -0.25) is 0 Å². The molecule has 126 heavy (non-hydrogen) atoms. The third-order valence-corrected chi connectivity index (χ3v) is 27.1. The first kappa shape index (κ1) is 75.7. The van der Waals surface area contributed by atoms with Crippen LogP contribution in [0.25, 0.3) is 131 Å². The smallest absolute Gasteiger partial charge is 0.119 e. The number of anilines is 12. The summed E-state index contributed by atoms with van der Waals surface area (Å²) in [6, 6.07) is 126. The number of methoxy groups -OCH3 is 4. The van der Waals surface area contributed by atoms with Crippen LogP contribution in [0.4, 0.5) is 68.2 Å². The molecule has 6 aromatic heterocycles. The SMILES string of the molecule is CCn1c2ccccc2c2cc(N(c3ccc(OC)cc3)c3ccc4c(c3)c3cc(N(c5ccc(OC)cc5)c5ccc6c(c5)c5ccccc5n6CC)ccc3n4C3CCC3n3c4ccc(N(c5ccc(OC)cc5)c5ccc6c(c5)c5ccccc5n6CC)cc4c4cc(N(c5ccc(OC)cc5)c5ccc6c(c5)c5ccccc5n6CC)ccc43)ccc21. The number of hydrogen-bond donors (Lipinski definition) is 0. The van der Waals surface area contributed by atoms with Crippen LogP contribution in [0.15, 0.2) is 340 Å². The van der Waals surface area contributed by atoms with E-state index >= 15 is 0 Å². The summed E-state index contributed by atoms with van der Waals surface area (Å²) in [5.74, 6) is 3.18. The average Bonchev–Trinajstić information content (AvgIpc) is 1.55. The Balaban J connectivity index is 0.752. The third-order valence-electron chi connectivity index (χ3n) is 27.1. The molecule has 16 aromatic carbocycles. The van der Waals surface area contributed by atoms with Crippen molar-refractivity contribution in [2.75, 3.05) is 48.0 Å². The maximum Gasteiger partial charge on any atom is 0.119 e. The summed E-state index contributed by atoms with van der Waals surface area (Å²) in [6.07, 6.45) is 1.89. The molecule has 0 aliphatic heterocycles. The van der Waals surface area contributed by atoms with Gasteiger partial charge in [0.25, 0.3) is 0 Å². The van der Waals surface area contributed by atoms with E-state index in [1.807, 2.05) is 0 Å². The first-order valence-corrected chi connectivity index (χ1v) is 44.1. The summed E-state index contributed by atoms with van der Waals surface area (Å²) in [7, 11) is 6.95. The predicted octanol–water partition coefficient (Wildman–Crippen LogP) is 29.9. The van der Waals surface area contributed by atoms with Crippen LogP contribution in [0.2, 0.25) is 0 Å². The van der Waals surface area contributed by atoms with Crippen LogP contribution in [-0.2, 0) is 26.2 Å². The molecule has 0 radical (unpaired) electrons. The largest absolute Gasteiger partial charge is 0.497 e. The van der Waals surface area contributed by atoms with Crippen molar-refractivity contribution in [1.82, 2.24) is 27.4 Å². The number of rotatable bonds is 22. The maximum atomic E-state index is 5.88. The Labute approximate surface area is 730 Å². The molecular weight excluding hydrogens is 1550 g/mol. The van der Waals surface area contributed by atoms with Gasteiger partial charge in [0.15, 0.2) is 0 Å². The molecule has 0 bridgehead atoms. The van der Waals surface area contributed by atoms with Crippen molar-refractivity contribution < 1.29 is 18.9 Å². The van der Waals surface area contributed by atoms with Gasteiger partial charge in [0, 0.05) is 225 Å². The minimum atomic E-state index is 0.00682. The number of nitrogens with zero attached hydrogens (tertiary/aromatic N) is 10.